The van der Waals surface area contributed by atoms with Gasteiger partial charge in [0.15, 0.2) is 0 Å². The van der Waals surface area contributed by atoms with Gasteiger partial charge < -0.3 is 4.90 Å². The molecule has 0 unspecified atom stereocenters. The molecule has 6 rings (SSSR count). The minimum atomic E-state index is -1.85. The normalized spacial score (nSPS) is 17.1. The second-order valence-corrected chi connectivity index (χ2v) is 15.3. The van der Waals surface area contributed by atoms with E-state index in [0.717, 1.165) is 0 Å². The summed E-state index contributed by atoms with van der Waals surface area (Å²) in [7, 11) is -1.85. The maximum atomic E-state index is 2.55. The molecule has 0 aromatic heterocycles. The van der Waals surface area contributed by atoms with Gasteiger partial charge in [0.05, 0.1) is 5.41 Å². The highest BCUT2D eigenvalue weighted by Gasteiger charge is 2.54. The van der Waals surface area contributed by atoms with Crippen molar-refractivity contribution in [2.75, 3.05) is 4.90 Å². The van der Waals surface area contributed by atoms with E-state index < -0.39 is 8.07 Å². The Labute approximate surface area is 198 Å². The predicted octanol–water partition coefficient (Wildman–Crippen LogP) is 6.46. The molecule has 0 amide bonds. The fourth-order valence-electron chi connectivity index (χ4n) is 6.55. The number of nitrogens with zero attached hydrogens (tertiary/aromatic N) is 1. The third kappa shape index (κ3) is 2.53. The first-order valence-corrected chi connectivity index (χ1v) is 15.0. The van der Waals surface area contributed by atoms with Crippen LogP contribution < -0.4 is 15.3 Å². The smallest absolute Gasteiger partial charge is 0.113 e. The fourth-order valence-corrected chi connectivity index (χ4v) is 9.75. The molecule has 2 aliphatic rings. The standard InChI is InChI=1S/C31H31NSi/c1-30(2,3)32-26-18-10-6-14-22(26)31(23-15-7-11-19-27(23)32)24-16-8-12-20-28(24)33(4,5)29-21-13-9-17-25(29)31/h6-21H,1-5H3. The van der Waals surface area contributed by atoms with Crippen molar-refractivity contribution in [3.63, 3.8) is 0 Å². The van der Waals surface area contributed by atoms with Crippen molar-refractivity contribution >= 4 is 29.8 Å². The molecule has 2 aliphatic heterocycles. The molecule has 4 aromatic carbocycles. The lowest BCUT2D eigenvalue weighted by molar-refractivity contribution is 0.543. The molecule has 1 spiro atoms. The van der Waals surface area contributed by atoms with Crippen LogP contribution in [0.2, 0.25) is 13.1 Å². The Balaban J connectivity index is 1.86. The zero-order valence-corrected chi connectivity index (χ0v) is 21.2. The highest BCUT2D eigenvalue weighted by Crippen LogP contribution is 2.57. The third-order valence-electron chi connectivity index (χ3n) is 7.78. The van der Waals surface area contributed by atoms with E-state index in [4.69, 9.17) is 0 Å². The van der Waals surface area contributed by atoms with E-state index in [1.165, 1.54) is 33.6 Å². The van der Waals surface area contributed by atoms with Crippen molar-refractivity contribution in [1.29, 1.82) is 0 Å². The van der Waals surface area contributed by atoms with Crippen LogP contribution in [-0.2, 0) is 5.41 Å². The number of hydrogen-bond donors (Lipinski definition) is 0. The summed E-state index contributed by atoms with van der Waals surface area (Å²) < 4.78 is 0. The topological polar surface area (TPSA) is 3.24 Å². The molecular formula is C31H31NSi. The molecule has 4 aromatic rings. The van der Waals surface area contributed by atoms with Gasteiger partial charge in [-0.3, -0.25) is 0 Å². The Hall–Kier alpha value is -3.10. The van der Waals surface area contributed by atoms with Crippen LogP contribution in [-0.4, -0.2) is 13.6 Å². The van der Waals surface area contributed by atoms with Gasteiger partial charge in [-0.1, -0.05) is 98.0 Å². The Morgan fingerprint density at radius 3 is 1.33 bits per heavy atom. The van der Waals surface area contributed by atoms with Crippen LogP contribution in [0.5, 0.6) is 0 Å². The number of hydrogen-bond acceptors (Lipinski definition) is 1. The number of para-hydroxylation sites is 2. The molecule has 0 aliphatic carbocycles. The van der Waals surface area contributed by atoms with Crippen LogP contribution in [0, 0.1) is 0 Å². The maximum absolute atomic E-state index is 2.55. The van der Waals surface area contributed by atoms with Crippen molar-refractivity contribution in [3.8, 4) is 0 Å². The van der Waals surface area contributed by atoms with E-state index in [9.17, 15) is 0 Å². The van der Waals surface area contributed by atoms with Crippen molar-refractivity contribution in [3.05, 3.63) is 119 Å². The van der Waals surface area contributed by atoms with Gasteiger partial charge in [-0.2, -0.15) is 0 Å². The van der Waals surface area contributed by atoms with E-state index in [2.05, 4.69) is 136 Å². The summed E-state index contributed by atoms with van der Waals surface area (Å²) in [5.74, 6) is 0. The molecule has 33 heavy (non-hydrogen) atoms. The van der Waals surface area contributed by atoms with Crippen molar-refractivity contribution < 1.29 is 0 Å². The summed E-state index contributed by atoms with van der Waals surface area (Å²) >= 11 is 0. The lowest BCUT2D eigenvalue weighted by Gasteiger charge is -2.54. The highest BCUT2D eigenvalue weighted by atomic mass is 28.3. The van der Waals surface area contributed by atoms with Crippen LogP contribution in [0.1, 0.15) is 43.0 Å². The third-order valence-corrected chi connectivity index (χ3v) is 11.3. The molecule has 0 saturated heterocycles. The molecule has 2 heterocycles. The Morgan fingerprint density at radius 1 is 0.545 bits per heavy atom. The Kier molecular flexibility index (Phi) is 4.17. The molecule has 0 fully saturated rings. The Bertz CT molecular complexity index is 1290. The van der Waals surface area contributed by atoms with E-state index in [0.29, 0.717) is 0 Å². The largest absolute Gasteiger partial charge is 0.336 e. The first-order chi connectivity index (χ1) is 15.8. The predicted molar refractivity (Wildman–Crippen MR) is 143 cm³/mol. The van der Waals surface area contributed by atoms with Gasteiger partial charge in [0, 0.05) is 16.9 Å². The van der Waals surface area contributed by atoms with Gasteiger partial charge in [-0.15, -0.1) is 0 Å². The second kappa shape index (κ2) is 6.71. The average Bonchev–Trinajstić information content (AvgIpc) is 2.81. The first-order valence-electron chi connectivity index (χ1n) is 12.0. The van der Waals surface area contributed by atoms with Crippen molar-refractivity contribution in [2.24, 2.45) is 0 Å². The molecular weight excluding hydrogens is 414 g/mol. The monoisotopic (exact) mass is 445 g/mol. The van der Waals surface area contributed by atoms with Gasteiger partial charge in [-0.25, -0.2) is 0 Å². The van der Waals surface area contributed by atoms with Gasteiger partial charge >= 0.3 is 0 Å². The summed E-state index contributed by atoms with van der Waals surface area (Å²) in [4.78, 5) is 2.55. The van der Waals surface area contributed by atoms with Gasteiger partial charge in [0.25, 0.3) is 0 Å². The summed E-state index contributed by atoms with van der Waals surface area (Å²) in [5, 5.41) is 3.11. The van der Waals surface area contributed by atoms with Crippen molar-refractivity contribution in [2.45, 2.75) is 44.8 Å². The van der Waals surface area contributed by atoms with Crippen LogP contribution >= 0.6 is 0 Å². The zero-order chi connectivity index (χ0) is 23.0. The van der Waals surface area contributed by atoms with Gasteiger partial charge in [0.2, 0.25) is 0 Å². The van der Waals surface area contributed by atoms with Crippen LogP contribution in [0.25, 0.3) is 0 Å². The van der Waals surface area contributed by atoms with E-state index in [1.807, 2.05) is 0 Å². The number of anilines is 2. The van der Waals surface area contributed by atoms with E-state index in [-0.39, 0.29) is 11.0 Å². The van der Waals surface area contributed by atoms with Gasteiger partial charge in [0.1, 0.15) is 8.07 Å². The number of benzene rings is 4. The van der Waals surface area contributed by atoms with Crippen LogP contribution in [0.4, 0.5) is 11.4 Å². The molecule has 2 heteroatoms. The summed E-state index contributed by atoms with van der Waals surface area (Å²) in [5.41, 5.74) is 7.98. The Morgan fingerprint density at radius 2 is 0.909 bits per heavy atom. The molecule has 0 radical (unpaired) electrons. The molecule has 0 bridgehead atoms. The summed E-state index contributed by atoms with van der Waals surface area (Å²) in [6, 6.07) is 36.8. The minimum Gasteiger partial charge on any atom is -0.336 e. The summed E-state index contributed by atoms with van der Waals surface area (Å²) in [6.45, 7) is 12.0. The quantitative estimate of drug-likeness (QED) is 0.281. The lowest BCUT2D eigenvalue weighted by atomic mass is 9.62. The molecule has 0 saturated carbocycles. The fraction of sp³-hybridized carbons (Fsp3) is 0.226. The summed E-state index contributed by atoms with van der Waals surface area (Å²) in [6.07, 6.45) is 0. The maximum Gasteiger partial charge on any atom is 0.113 e. The minimum absolute atomic E-state index is 0.0461. The average molecular weight is 446 g/mol. The lowest BCUT2D eigenvalue weighted by Crippen LogP contribution is -2.64. The van der Waals surface area contributed by atoms with Crippen molar-refractivity contribution in [1.82, 2.24) is 0 Å². The van der Waals surface area contributed by atoms with Gasteiger partial charge in [-0.05, 0) is 65.5 Å². The highest BCUT2D eigenvalue weighted by molar-refractivity contribution is 7.01. The van der Waals surface area contributed by atoms with E-state index >= 15 is 0 Å². The molecule has 164 valence electrons. The van der Waals surface area contributed by atoms with Crippen LogP contribution in [0.15, 0.2) is 97.1 Å². The van der Waals surface area contributed by atoms with E-state index in [1.54, 1.807) is 10.4 Å². The molecule has 0 atom stereocenters. The zero-order valence-electron chi connectivity index (χ0n) is 20.2. The molecule has 0 N–H and O–H groups in total. The first kappa shape index (κ1) is 20.5. The second-order valence-electron chi connectivity index (χ2n) is 11.0. The SMILES string of the molecule is CC(C)(C)N1c2ccccc2C2(c3ccccc31)c1ccccc1[Si](C)(C)c1ccccc12. The number of fused-ring (bicyclic) bond motifs is 8. The van der Waals surface area contributed by atoms with Crippen LogP contribution in [0.3, 0.4) is 0 Å². The number of rotatable bonds is 0. The molecule has 1 nitrogen and oxygen atoms in total.